The molecule has 3 nitrogen and oxygen atoms in total. The largest absolute Gasteiger partial charge is 0.507 e. The average molecular weight is 278 g/mol. The number of phenolic OH excluding ortho intramolecular Hbond substituents is 1. The number of phenols is 1. The van der Waals surface area contributed by atoms with Gasteiger partial charge < -0.3 is 9.84 Å². The minimum Gasteiger partial charge on any atom is -0.507 e. The summed E-state index contributed by atoms with van der Waals surface area (Å²) in [6, 6.07) is 4.73. The van der Waals surface area contributed by atoms with Gasteiger partial charge in [-0.1, -0.05) is 6.07 Å². The van der Waals surface area contributed by atoms with E-state index in [2.05, 4.69) is 4.74 Å². The predicted octanol–water partition coefficient (Wildman–Crippen LogP) is 1.78. The smallest absolute Gasteiger partial charge is 0.339 e. The Labute approximate surface area is 83.5 Å². The summed E-state index contributed by atoms with van der Waals surface area (Å²) in [4.78, 5) is 11.0. The van der Waals surface area contributed by atoms with Crippen LogP contribution >= 0.6 is 22.6 Å². The zero-order chi connectivity index (χ0) is 9.14. The van der Waals surface area contributed by atoms with Crippen LogP contribution in [0.4, 0.5) is 0 Å². The van der Waals surface area contributed by atoms with Crippen LogP contribution in [0.1, 0.15) is 10.4 Å². The molecule has 12 heavy (non-hydrogen) atoms. The first-order chi connectivity index (χ1) is 5.66. The molecule has 0 aliphatic heterocycles. The highest BCUT2D eigenvalue weighted by molar-refractivity contribution is 14.1. The van der Waals surface area contributed by atoms with E-state index in [9.17, 15) is 9.90 Å². The van der Waals surface area contributed by atoms with Crippen molar-refractivity contribution in [2.75, 3.05) is 7.11 Å². The van der Waals surface area contributed by atoms with Crippen molar-refractivity contribution in [2.24, 2.45) is 0 Å². The van der Waals surface area contributed by atoms with Gasteiger partial charge in [-0.3, -0.25) is 0 Å². The molecule has 0 aliphatic rings. The van der Waals surface area contributed by atoms with E-state index in [4.69, 9.17) is 0 Å². The molecule has 1 N–H and O–H groups in total. The van der Waals surface area contributed by atoms with Crippen molar-refractivity contribution < 1.29 is 14.6 Å². The molecule has 64 valence electrons. The highest BCUT2D eigenvalue weighted by Crippen LogP contribution is 2.23. The molecule has 0 aliphatic carbocycles. The van der Waals surface area contributed by atoms with Crippen molar-refractivity contribution in [1.82, 2.24) is 0 Å². The molecule has 1 rings (SSSR count). The molecule has 0 radical (unpaired) electrons. The van der Waals surface area contributed by atoms with Gasteiger partial charge in [0.2, 0.25) is 0 Å². The number of hydrogen-bond acceptors (Lipinski definition) is 3. The van der Waals surface area contributed by atoms with Gasteiger partial charge in [-0.2, -0.15) is 0 Å². The maximum atomic E-state index is 11.0. The summed E-state index contributed by atoms with van der Waals surface area (Å²) in [5.41, 5.74) is 0.387. The minimum atomic E-state index is -0.435. The van der Waals surface area contributed by atoms with E-state index in [0.29, 0.717) is 9.13 Å². The quantitative estimate of drug-likeness (QED) is 0.629. The van der Waals surface area contributed by atoms with Crippen LogP contribution in [0.25, 0.3) is 0 Å². The molecule has 0 spiro atoms. The lowest BCUT2D eigenvalue weighted by Gasteiger charge is -2.02. The molecule has 0 heterocycles. The maximum absolute atomic E-state index is 11.0. The maximum Gasteiger partial charge on any atom is 0.339 e. The van der Waals surface area contributed by atoms with Gasteiger partial charge in [0.25, 0.3) is 0 Å². The molecule has 0 fully saturated rings. The number of methoxy groups -OCH3 is 1. The van der Waals surface area contributed by atoms with E-state index in [1.807, 2.05) is 22.6 Å². The zero-order valence-electron chi connectivity index (χ0n) is 6.37. The Hall–Kier alpha value is -0.780. The Bertz CT molecular complexity index is 309. The first kappa shape index (κ1) is 9.31. The second-order valence-electron chi connectivity index (χ2n) is 2.13. The lowest BCUT2D eigenvalue weighted by molar-refractivity contribution is 0.0599. The van der Waals surface area contributed by atoms with Crippen LogP contribution in [0.15, 0.2) is 18.2 Å². The monoisotopic (exact) mass is 278 g/mol. The third kappa shape index (κ3) is 1.69. The van der Waals surface area contributed by atoms with Gasteiger partial charge in [0.05, 0.1) is 16.2 Å². The lowest BCUT2D eigenvalue weighted by atomic mass is 10.2. The van der Waals surface area contributed by atoms with E-state index < -0.39 is 5.97 Å². The number of carbonyl (C=O) groups excluding carboxylic acids is 1. The Morgan fingerprint density at radius 1 is 1.58 bits per heavy atom. The molecule has 0 saturated heterocycles. The minimum absolute atomic E-state index is 0.0958. The molecule has 0 amide bonds. The Morgan fingerprint density at radius 2 is 2.25 bits per heavy atom. The molecular formula is C8H7IO3. The first-order valence-electron chi connectivity index (χ1n) is 3.22. The lowest BCUT2D eigenvalue weighted by Crippen LogP contribution is -2.03. The molecule has 4 heteroatoms. The second kappa shape index (κ2) is 3.75. The first-order valence-corrected chi connectivity index (χ1v) is 4.30. The second-order valence-corrected chi connectivity index (χ2v) is 3.21. The summed E-state index contributed by atoms with van der Waals surface area (Å²) < 4.78 is 5.03. The highest BCUT2D eigenvalue weighted by Gasteiger charge is 2.11. The number of aromatic hydroxyl groups is 1. The SMILES string of the molecule is COC(=O)c1cccc(O)c1I. The van der Waals surface area contributed by atoms with Gasteiger partial charge in [-0.15, -0.1) is 0 Å². The van der Waals surface area contributed by atoms with Gasteiger partial charge in [-0.25, -0.2) is 4.79 Å². The molecule has 0 bridgehead atoms. The fraction of sp³-hybridized carbons (Fsp3) is 0.125. The molecule has 1 aromatic rings. The van der Waals surface area contributed by atoms with Crippen molar-refractivity contribution in [1.29, 1.82) is 0 Å². The van der Waals surface area contributed by atoms with Gasteiger partial charge in [0.1, 0.15) is 5.75 Å². The Morgan fingerprint density at radius 3 is 2.83 bits per heavy atom. The van der Waals surface area contributed by atoms with Crippen molar-refractivity contribution in [3.8, 4) is 5.75 Å². The standard InChI is InChI=1S/C8H7IO3/c1-12-8(11)5-3-2-4-6(10)7(5)9/h2-4,10H,1H3. The zero-order valence-corrected chi connectivity index (χ0v) is 8.53. The summed E-state index contributed by atoms with van der Waals surface area (Å²) in [5.74, 6) is -0.339. The van der Waals surface area contributed by atoms with E-state index in [-0.39, 0.29) is 5.75 Å². The van der Waals surface area contributed by atoms with Crippen LogP contribution < -0.4 is 0 Å². The fourth-order valence-electron chi connectivity index (χ4n) is 0.787. The molecular weight excluding hydrogens is 271 g/mol. The van der Waals surface area contributed by atoms with Gasteiger partial charge in [-0.05, 0) is 34.7 Å². The predicted molar refractivity (Wildman–Crippen MR) is 52.2 cm³/mol. The summed E-state index contributed by atoms with van der Waals surface area (Å²) in [6.45, 7) is 0. The van der Waals surface area contributed by atoms with Crippen LogP contribution in [-0.4, -0.2) is 18.2 Å². The Balaban J connectivity index is 3.16. The Kier molecular flexibility index (Phi) is 2.91. The van der Waals surface area contributed by atoms with Crippen LogP contribution in [0.5, 0.6) is 5.75 Å². The van der Waals surface area contributed by atoms with E-state index in [1.54, 1.807) is 12.1 Å². The van der Waals surface area contributed by atoms with E-state index in [0.717, 1.165) is 0 Å². The van der Waals surface area contributed by atoms with Crippen molar-refractivity contribution >= 4 is 28.6 Å². The molecule has 0 atom stereocenters. The molecule has 0 aromatic heterocycles. The highest BCUT2D eigenvalue weighted by atomic mass is 127. The van der Waals surface area contributed by atoms with Crippen LogP contribution in [0.3, 0.4) is 0 Å². The average Bonchev–Trinajstić information content (AvgIpc) is 2.08. The molecule has 0 saturated carbocycles. The van der Waals surface area contributed by atoms with Crippen LogP contribution in [0.2, 0.25) is 0 Å². The van der Waals surface area contributed by atoms with Crippen LogP contribution in [0, 0.1) is 3.57 Å². The van der Waals surface area contributed by atoms with Gasteiger partial charge >= 0.3 is 5.97 Å². The number of benzene rings is 1. The third-order valence-corrected chi connectivity index (χ3v) is 2.52. The van der Waals surface area contributed by atoms with E-state index >= 15 is 0 Å². The van der Waals surface area contributed by atoms with Crippen molar-refractivity contribution in [3.05, 3.63) is 27.3 Å². The number of ether oxygens (including phenoxy) is 1. The van der Waals surface area contributed by atoms with Gasteiger partial charge in [0.15, 0.2) is 0 Å². The van der Waals surface area contributed by atoms with Gasteiger partial charge in [0, 0.05) is 0 Å². The third-order valence-electron chi connectivity index (χ3n) is 1.38. The normalized spacial score (nSPS) is 9.50. The number of rotatable bonds is 1. The number of hydrogen-bond donors (Lipinski definition) is 1. The van der Waals surface area contributed by atoms with Crippen molar-refractivity contribution in [3.63, 3.8) is 0 Å². The fourth-order valence-corrected chi connectivity index (χ4v) is 1.37. The number of halogens is 1. The summed E-state index contributed by atoms with van der Waals surface area (Å²) >= 11 is 1.89. The number of esters is 1. The van der Waals surface area contributed by atoms with Crippen LogP contribution in [-0.2, 0) is 4.74 Å². The van der Waals surface area contributed by atoms with Crippen molar-refractivity contribution in [2.45, 2.75) is 0 Å². The summed E-state index contributed by atoms with van der Waals surface area (Å²) in [5, 5.41) is 9.23. The summed E-state index contributed by atoms with van der Waals surface area (Å²) in [6.07, 6.45) is 0. The van der Waals surface area contributed by atoms with E-state index in [1.165, 1.54) is 13.2 Å². The molecule has 1 aromatic carbocycles. The molecule has 0 unspecified atom stereocenters. The number of carbonyl (C=O) groups is 1. The summed E-state index contributed by atoms with van der Waals surface area (Å²) in [7, 11) is 1.31. The topological polar surface area (TPSA) is 46.5 Å².